The zero-order valence-electron chi connectivity index (χ0n) is 15.1. The second-order valence-electron chi connectivity index (χ2n) is 5.50. The van der Waals surface area contributed by atoms with E-state index in [4.69, 9.17) is 18.9 Å². The normalized spacial score (nSPS) is 14.7. The molecule has 0 amide bonds. The molecule has 0 aromatic heterocycles. The third-order valence-electron chi connectivity index (χ3n) is 3.80. The lowest BCUT2D eigenvalue weighted by molar-refractivity contribution is -0.129. The number of para-hydroxylation sites is 1. The predicted octanol–water partition coefficient (Wildman–Crippen LogP) is 4.21. The number of esters is 1. The lowest BCUT2D eigenvalue weighted by Crippen LogP contribution is -2.06. The first-order valence-electron chi connectivity index (χ1n) is 8.23. The Kier molecular flexibility index (Phi) is 5.81. The highest BCUT2D eigenvalue weighted by Gasteiger charge is 2.26. The Labute approximate surface area is 165 Å². The van der Waals surface area contributed by atoms with Crippen molar-refractivity contribution in [2.75, 3.05) is 20.8 Å². The van der Waals surface area contributed by atoms with Gasteiger partial charge in [0.05, 0.1) is 30.9 Å². The third kappa shape index (κ3) is 3.98. The number of hydrogen-bond donors (Lipinski definition) is 0. The van der Waals surface area contributed by atoms with Gasteiger partial charge in [0, 0.05) is 0 Å². The monoisotopic (exact) mass is 431 g/mol. The van der Waals surface area contributed by atoms with Crippen LogP contribution in [-0.2, 0) is 9.53 Å². The Morgan fingerprint density at radius 1 is 1.15 bits per heavy atom. The van der Waals surface area contributed by atoms with E-state index in [2.05, 4.69) is 20.9 Å². The number of carbonyl (C=O) groups excluding carboxylic acids is 1. The average Bonchev–Trinajstić information content (AvgIpc) is 3.02. The van der Waals surface area contributed by atoms with Crippen LogP contribution in [0.4, 0.5) is 0 Å². The van der Waals surface area contributed by atoms with Gasteiger partial charge >= 0.3 is 5.97 Å². The molecule has 0 bridgehead atoms. The molecular weight excluding hydrogens is 414 g/mol. The van der Waals surface area contributed by atoms with Gasteiger partial charge in [-0.05, 0) is 58.8 Å². The van der Waals surface area contributed by atoms with E-state index in [9.17, 15) is 4.79 Å². The molecule has 0 fully saturated rings. The molecule has 0 spiro atoms. The van der Waals surface area contributed by atoms with Gasteiger partial charge in [0.1, 0.15) is 5.75 Å². The smallest absolute Gasteiger partial charge is 0.363 e. The molecular formula is C20H18BrNO5. The SMILES string of the molecule is CCOc1cc(/C=C2\N=C(c3ccccc3OC)OC2=O)cc(Br)c1OC. The quantitative estimate of drug-likeness (QED) is 0.506. The summed E-state index contributed by atoms with van der Waals surface area (Å²) in [5.41, 5.74) is 1.53. The molecule has 0 aliphatic carbocycles. The van der Waals surface area contributed by atoms with E-state index in [1.165, 1.54) is 0 Å². The molecule has 0 N–H and O–H groups in total. The Bertz CT molecular complexity index is 936. The maximum absolute atomic E-state index is 12.3. The minimum absolute atomic E-state index is 0.190. The number of ether oxygens (including phenoxy) is 4. The molecule has 2 aromatic rings. The Balaban J connectivity index is 2.00. The number of rotatable bonds is 6. The largest absolute Gasteiger partial charge is 0.496 e. The number of cyclic esters (lactones) is 1. The van der Waals surface area contributed by atoms with Crippen molar-refractivity contribution in [3.05, 3.63) is 57.7 Å². The molecule has 27 heavy (non-hydrogen) atoms. The molecule has 1 aliphatic heterocycles. The highest BCUT2D eigenvalue weighted by Crippen LogP contribution is 2.37. The fraction of sp³-hybridized carbons (Fsp3) is 0.200. The molecule has 1 heterocycles. The van der Waals surface area contributed by atoms with Crippen LogP contribution in [0, 0.1) is 0 Å². The van der Waals surface area contributed by atoms with Crippen LogP contribution >= 0.6 is 15.9 Å². The van der Waals surface area contributed by atoms with Gasteiger partial charge in [0.25, 0.3) is 0 Å². The molecule has 0 atom stereocenters. The first-order chi connectivity index (χ1) is 13.1. The van der Waals surface area contributed by atoms with E-state index in [1.54, 1.807) is 38.5 Å². The molecule has 0 unspecified atom stereocenters. The van der Waals surface area contributed by atoms with Crippen LogP contribution in [0.15, 0.2) is 51.6 Å². The van der Waals surface area contributed by atoms with Gasteiger partial charge in [-0.1, -0.05) is 12.1 Å². The van der Waals surface area contributed by atoms with Gasteiger partial charge in [-0.25, -0.2) is 9.79 Å². The van der Waals surface area contributed by atoms with Crippen LogP contribution in [0.1, 0.15) is 18.1 Å². The maximum atomic E-state index is 12.3. The molecule has 6 nitrogen and oxygen atoms in total. The second-order valence-corrected chi connectivity index (χ2v) is 6.36. The molecule has 0 saturated heterocycles. The molecule has 2 aromatic carbocycles. The van der Waals surface area contributed by atoms with Crippen molar-refractivity contribution in [1.82, 2.24) is 0 Å². The van der Waals surface area contributed by atoms with Crippen molar-refractivity contribution < 1.29 is 23.7 Å². The fourth-order valence-corrected chi connectivity index (χ4v) is 3.26. The predicted molar refractivity (Wildman–Crippen MR) is 105 cm³/mol. The zero-order valence-corrected chi connectivity index (χ0v) is 16.7. The van der Waals surface area contributed by atoms with Gasteiger partial charge in [0.2, 0.25) is 5.90 Å². The Morgan fingerprint density at radius 2 is 1.93 bits per heavy atom. The second kappa shape index (κ2) is 8.26. The summed E-state index contributed by atoms with van der Waals surface area (Å²) in [5.74, 6) is 1.42. The Hall–Kier alpha value is -2.80. The van der Waals surface area contributed by atoms with Crippen molar-refractivity contribution in [3.63, 3.8) is 0 Å². The van der Waals surface area contributed by atoms with Gasteiger partial charge < -0.3 is 18.9 Å². The van der Waals surface area contributed by atoms with Crippen LogP contribution in [0.3, 0.4) is 0 Å². The van der Waals surface area contributed by atoms with E-state index in [0.29, 0.717) is 33.9 Å². The van der Waals surface area contributed by atoms with Crippen LogP contribution < -0.4 is 14.2 Å². The lowest BCUT2D eigenvalue weighted by atomic mass is 10.1. The van der Waals surface area contributed by atoms with Crippen molar-refractivity contribution in [2.45, 2.75) is 6.92 Å². The molecule has 0 radical (unpaired) electrons. The number of carbonyl (C=O) groups is 1. The van der Waals surface area contributed by atoms with Crippen molar-refractivity contribution in [2.24, 2.45) is 4.99 Å². The molecule has 3 rings (SSSR count). The number of nitrogens with zero attached hydrogens (tertiary/aromatic N) is 1. The van der Waals surface area contributed by atoms with E-state index >= 15 is 0 Å². The van der Waals surface area contributed by atoms with Crippen molar-refractivity contribution >= 4 is 33.9 Å². The summed E-state index contributed by atoms with van der Waals surface area (Å²) in [7, 11) is 3.12. The van der Waals surface area contributed by atoms with Crippen LogP contribution in [0.2, 0.25) is 0 Å². The van der Waals surface area contributed by atoms with Gasteiger partial charge in [-0.15, -0.1) is 0 Å². The van der Waals surface area contributed by atoms with Gasteiger partial charge in [-0.3, -0.25) is 0 Å². The van der Waals surface area contributed by atoms with Crippen molar-refractivity contribution in [3.8, 4) is 17.2 Å². The third-order valence-corrected chi connectivity index (χ3v) is 4.39. The average molecular weight is 432 g/mol. The van der Waals surface area contributed by atoms with E-state index in [1.807, 2.05) is 25.1 Å². The van der Waals surface area contributed by atoms with Gasteiger partial charge in [0.15, 0.2) is 17.2 Å². The topological polar surface area (TPSA) is 66.3 Å². The molecule has 7 heteroatoms. The number of benzene rings is 2. The standard InChI is InChI=1S/C20H18BrNO5/c1-4-26-17-11-12(9-14(21)18(17)25-3)10-15-20(23)27-19(22-15)13-7-5-6-8-16(13)24-2/h5-11H,4H2,1-3H3/b15-10-. The van der Waals surface area contributed by atoms with Crippen LogP contribution in [0.5, 0.6) is 17.2 Å². The molecule has 1 aliphatic rings. The minimum Gasteiger partial charge on any atom is -0.496 e. The fourth-order valence-electron chi connectivity index (χ4n) is 2.64. The number of methoxy groups -OCH3 is 2. The Morgan fingerprint density at radius 3 is 2.63 bits per heavy atom. The number of hydrogen-bond acceptors (Lipinski definition) is 6. The van der Waals surface area contributed by atoms with E-state index in [-0.39, 0.29) is 11.6 Å². The van der Waals surface area contributed by atoms with Crippen LogP contribution in [0.25, 0.3) is 6.08 Å². The van der Waals surface area contributed by atoms with E-state index < -0.39 is 5.97 Å². The maximum Gasteiger partial charge on any atom is 0.363 e. The first-order valence-corrected chi connectivity index (χ1v) is 9.03. The van der Waals surface area contributed by atoms with Crippen molar-refractivity contribution in [1.29, 1.82) is 0 Å². The summed E-state index contributed by atoms with van der Waals surface area (Å²) in [4.78, 5) is 16.6. The highest BCUT2D eigenvalue weighted by atomic mass is 79.9. The summed E-state index contributed by atoms with van der Waals surface area (Å²) in [6.07, 6.45) is 1.64. The lowest BCUT2D eigenvalue weighted by Gasteiger charge is -2.12. The summed E-state index contributed by atoms with van der Waals surface area (Å²) >= 11 is 3.46. The molecule has 0 saturated carbocycles. The summed E-state index contributed by atoms with van der Waals surface area (Å²) < 4.78 is 22.3. The van der Waals surface area contributed by atoms with E-state index in [0.717, 1.165) is 5.56 Å². The number of halogens is 1. The number of aliphatic imine (C=N–C) groups is 1. The molecule has 140 valence electrons. The summed E-state index contributed by atoms with van der Waals surface area (Å²) in [6.45, 7) is 2.37. The minimum atomic E-state index is -0.527. The van der Waals surface area contributed by atoms with Crippen LogP contribution in [-0.4, -0.2) is 32.7 Å². The summed E-state index contributed by atoms with van der Waals surface area (Å²) in [5, 5.41) is 0. The zero-order chi connectivity index (χ0) is 19.4. The summed E-state index contributed by atoms with van der Waals surface area (Å²) in [6, 6.07) is 10.8. The highest BCUT2D eigenvalue weighted by molar-refractivity contribution is 9.10. The van der Waals surface area contributed by atoms with Gasteiger partial charge in [-0.2, -0.15) is 0 Å². The first kappa shape index (κ1) is 19.0.